The lowest BCUT2D eigenvalue weighted by Gasteiger charge is -2.14. The SMILES string of the molecule is CC(C)COc1cccc(NC(C)c2nccs2)c1. The summed E-state index contributed by atoms with van der Waals surface area (Å²) in [5, 5.41) is 6.53. The van der Waals surface area contributed by atoms with E-state index in [4.69, 9.17) is 4.74 Å². The standard InChI is InChI=1S/C15H20N2OS/c1-11(2)10-18-14-6-4-5-13(9-14)17-12(3)15-16-7-8-19-15/h4-9,11-12,17H,10H2,1-3H3. The molecule has 0 aliphatic heterocycles. The van der Waals surface area contributed by atoms with E-state index in [0.717, 1.165) is 23.1 Å². The molecular formula is C15H20N2OS. The molecule has 0 fully saturated rings. The van der Waals surface area contributed by atoms with Gasteiger partial charge in [0.1, 0.15) is 10.8 Å². The first-order valence-electron chi connectivity index (χ1n) is 6.54. The number of thiazole rings is 1. The Labute approximate surface area is 118 Å². The van der Waals surface area contributed by atoms with E-state index >= 15 is 0 Å². The molecule has 2 aromatic rings. The van der Waals surface area contributed by atoms with Crippen molar-refractivity contribution < 1.29 is 4.74 Å². The lowest BCUT2D eigenvalue weighted by molar-refractivity contribution is 0.271. The predicted octanol–water partition coefficient (Wildman–Crippen LogP) is 4.35. The quantitative estimate of drug-likeness (QED) is 0.851. The number of rotatable bonds is 6. The second-order valence-electron chi connectivity index (χ2n) is 4.97. The van der Waals surface area contributed by atoms with E-state index in [1.165, 1.54) is 0 Å². The predicted molar refractivity (Wildman–Crippen MR) is 80.9 cm³/mol. The Balaban J connectivity index is 1.98. The van der Waals surface area contributed by atoms with Crippen LogP contribution in [0.5, 0.6) is 5.75 Å². The minimum absolute atomic E-state index is 0.209. The fraction of sp³-hybridized carbons (Fsp3) is 0.400. The van der Waals surface area contributed by atoms with Gasteiger partial charge in [-0.05, 0) is 25.0 Å². The summed E-state index contributed by atoms with van der Waals surface area (Å²) in [5.74, 6) is 1.44. The Morgan fingerprint density at radius 1 is 1.32 bits per heavy atom. The van der Waals surface area contributed by atoms with Gasteiger partial charge in [0.15, 0.2) is 0 Å². The Bertz CT molecular complexity index is 497. The van der Waals surface area contributed by atoms with E-state index in [0.29, 0.717) is 5.92 Å². The van der Waals surface area contributed by atoms with Crippen LogP contribution in [0.2, 0.25) is 0 Å². The number of nitrogens with one attached hydrogen (secondary N) is 1. The van der Waals surface area contributed by atoms with Crippen LogP contribution < -0.4 is 10.1 Å². The monoisotopic (exact) mass is 276 g/mol. The summed E-state index contributed by atoms with van der Waals surface area (Å²) in [7, 11) is 0. The molecule has 1 unspecified atom stereocenters. The number of hydrogen-bond acceptors (Lipinski definition) is 4. The fourth-order valence-corrected chi connectivity index (χ4v) is 2.34. The molecule has 1 aromatic carbocycles. The Kier molecular flexibility index (Phi) is 4.80. The van der Waals surface area contributed by atoms with Crippen LogP contribution in [0.25, 0.3) is 0 Å². The summed E-state index contributed by atoms with van der Waals surface area (Å²) in [4.78, 5) is 4.32. The molecule has 0 radical (unpaired) electrons. The lowest BCUT2D eigenvalue weighted by atomic mass is 10.2. The maximum Gasteiger partial charge on any atom is 0.121 e. The number of anilines is 1. The molecule has 0 saturated heterocycles. The number of ether oxygens (including phenoxy) is 1. The van der Waals surface area contributed by atoms with Crippen LogP contribution >= 0.6 is 11.3 Å². The van der Waals surface area contributed by atoms with Gasteiger partial charge in [-0.1, -0.05) is 19.9 Å². The molecule has 1 N–H and O–H groups in total. The first-order valence-corrected chi connectivity index (χ1v) is 7.42. The lowest BCUT2D eigenvalue weighted by Crippen LogP contribution is -2.07. The van der Waals surface area contributed by atoms with E-state index in [9.17, 15) is 0 Å². The van der Waals surface area contributed by atoms with Crippen molar-refractivity contribution >= 4 is 17.0 Å². The number of benzene rings is 1. The first kappa shape index (κ1) is 13.9. The second-order valence-corrected chi connectivity index (χ2v) is 5.90. The molecule has 1 heterocycles. The van der Waals surface area contributed by atoms with Gasteiger partial charge in [0, 0.05) is 23.3 Å². The van der Waals surface area contributed by atoms with Crippen molar-refractivity contribution in [1.29, 1.82) is 0 Å². The summed E-state index contributed by atoms with van der Waals surface area (Å²) >= 11 is 1.66. The van der Waals surface area contributed by atoms with Crippen LogP contribution in [0.1, 0.15) is 31.8 Å². The van der Waals surface area contributed by atoms with Gasteiger partial charge >= 0.3 is 0 Å². The fourth-order valence-electron chi connectivity index (χ4n) is 1.70. The maximum atomic E-state index is 5.73. The third-order valence-electron chi connectivity index (χ3n) is 2.62. The smallest absolute Gasteiger partial charge is 0.121 e. The number of aromatic nitrogens is 1. The molecule has 0 saturated carbocycles. The summed E-state index contributed by atoms with van der Waals surface area (Å²) in [5.41, 5.74) is 1.06. The summed E-state index contributed by atoms with van der Waals surface area (Å²) in [6.45, 7) is 7.14. The molecule has 0 aliphatic rings. The van der Waals surface area contributed by atoms with Gasteiger partial charge in [-0.3, -0.25) is 0 Å². The van der Waals surface area contributed by atoms with E-state index in [1.54, 1.807) is 11.3 Å². The largest absolute Gasteiger partial charge is 0.493 e. The van der Waals surface area contributed by atoms with Crippen molar-refractivity contribution in [1.82, 2.24) is 4.98 Å². The Morgan fingerprint density at radius 3 is 2.84 bits per heavy atom. The second kappa shape index (κ2) is 6.57. The van der Waals surface area contributed by atoms with Gasteiger partial charge < -0.3 is 10.1 Å². The summed E-state index contributed by atoms with van der Waals surface area (Å²) in [6.07, 6.45) is 1.83. The maximum absolute atomic E-state index is 5.73. The van der Waals surface area contributed by atoms with Crippen LogP contribution in [0.3, 0.4) is 0 Å². The van der Waals surface area contributed by atoms with Crippen molar-refractivity contribution in [3.63, 3.8) is 0 Å². The normalized spacial score (nSPS) is 12.4. The Morgan fingerprint density at radius 2 is 2.16 bits per heavy atom. The van der Waals surface area contributed by atoms with E-state index in [1.807, 2.05) is 35.8 Å². The van der Waals surface area contributed by atoms with Crippen molar-refractivity contribution in [2.24, 2.45) is 5.92 Å². The van der Waals surface area contributed by atoms with Crippen molar-refractivity contribution in [3.05, 3.63) is 40.8 Å². The average molecular weight is 276 g/mol. The minimum Gasteiger partial charge on any atom is -0.493 e. The van der Waals surface area contributed by atoms with Crippen LogP contribution in [0.4, 0.5) is 5.69 Å². The van der Waals surface area contributed by atoms with Crippen LogP contribution in [0.15, 0.2) is 35.8 Å². The van der Waals surface area contributed by atoms with Crippen LogP contribution in [-0.2, 0) is 0 Å². The van der Waals surface area contributed by atoms with Gasteiger partial charge in [-0.2, -0.15) is 0 Å². The van der Waals surface area contributed by atoms with Gasteiger partial charge in [0.05, 0.1) is 12.6 Å². The highest BCUT2D eigenvalue weighted by atomic mass is 32.1. The topological polar surface area (TPSA) is 34.1 Å². The molecule has 102 valence electrons. The van der Waals surface area contributed by atoms with Gasteiger partial charge in [-0.25, -0.2) is 4.98 Å². The summed E-state index contributed by atoms with van der Waals surface area (Å²) < 4.78 is 5.73. The molecule has 0 spiro atoms. The number of nitrogens with zero attached hydrogens (tertiary/aromatic N) is 1. The molecule has 0 bridgehead atoms. The molecule has 0 amide bonds. The molecule has 0 aliphatic carbocycles. The van der Waals surface area contributed by atoms with Crippen molar-refractivity contribution in [2.75, 3.05) is 11.9 Å². The van der Waals surface area contributed by atoms with Crippen LogP contribution in [0, 0.1) is 5.92 Å². The molecule has 3 nitrogen and oxygen atoms in total. The van der Waals surface area contributed by atoms with E-state index in [-0.39, 0.29) is 6.04 Å². The van der Waals surface area contributed by atoms with Gasteiger partial charge in [0.2, 0.25) is 0 Å². The van der Waals surface area contributed by atoms with Gasteiger partial charge in [-0.15, -0.1) is 11.3 Å². The third-order valence-corrected chi connectivity index (χ3v) is 3.58. The molecule has 2 rings (SSSR count). The van der Waals surface area contributed by atoms with Crippen molar-refractivity contribution in [2.45, 2.75) is 26.8 Å². The highest BCUT2D eigenvalue weighted by Crippen LogP contribution is 2.24. The highest BCUT2D eigenvalue weighted by molar-refractivity contribution is 7.09. The third kappa shape index (κ3) is 4.24. The molecule has 1 aromatic heterocycles. The Hall–Kier alpha value is -1.55. The highest BCUT2D eigenvalue weighted by Gasteiger charge is 2.08. The average Bonchev–Trinajstić information content (AvgIpc) is 2.91. The van der Waals surface area contributed by atoms with Gasteiger partial charge in [0.25, 0.3) is 0 Å². The molecule has 4 heteroatoms. The zero-order valence-electron chi connectivity index (χ0n) is 11.6. The first-order chi connectivity index (χ1) is 9.15. The zero-order valence-corrected chi connectivity index (χ0v) is 12.4. The van der Waals surface area contributed by atoms with E-state index < -0.39 is 0 Å². The zero-order chi connectivity index (χ0) is 13.7. The van der Waals surface area contributed by atoms with Crippen LogP contribution in [-0.4, -0.2) is 11.6 Å². The minimum atomic E-state index is 0.209. The molecular weight excluding hydrogens is 256 g/mol. The number of hydrogen-bond donors (Lipinski definition) is 1. The van der Waals surface area contributed by atoms with E-state index in [2.05, 4.69) is 31.1 Å². The van der Waals surface area contributed by atoms with Crippen molar-refractivity contribution in [3.8, 4) is 5.75 Å². The molecule has 1 atom stereocenters. The summed E-state index contributed by atoms with van der Waals surface area (Å²) in [6, 6.07) is 8.29. The molecule has 19 heavy (non-hydrogen) atoms.